The van der Waals surface area contributed by atoms with Gasteiger partial charge in [0.15, 0.2) is 0 Å². The van der Waals surface area contributed by atoms with E-state index in [0.29, 0.717) is 11.7 Å². The van der Waals surface area contributed by atoms with E-state index in [-0.39, 0.29) is 0 Å². The van der Waals surface area contributed by atoms with Gasteiger partial charge >= 0.3 is 0 Å². The smallest absolute Gasteiger partial charge is 0.0687 e. The minimum atomic E-state index is 0.315. The van der Waals surface area contributed by atoms with Crippen LogP contribution in [0.5, 0.6) is 0 Å². The fraction of sp³-hybridized carbons (Fsp3) is 1.00. The number of hydrogen-bond acceptors (Lipinski definition) is 1. The van der Waals surface area contributed by atoms with Crippen molar-refractivity contribution in [2.75, 3.05) is 0 Å². The third kappa shape index (κ3) is 3.56. The largest absolute Gasteiger partial charge is 0.372 e. The van der Waals surface area contributed by atoms with Crippen molar-refractivity contribution in [3.8, 4) is 0 Å². The van der Waals surface area contributed by atoms with Crippen molar-refractivity contribution in [3.05, 3.63) is 0 Å². The van der Waals surface area contributed by atoms with Crippen molar-refractivity contribution in [3.63, 3.8) is 0 Å². The van der Waals surface area contributed by atoms with Crippen LogP contribution in [0.1, 0.15) is 83.5 Å². The molecule has 0 N–H and O–H groups in total. The van der Waals surface area contributed by atoms with Gasteiger partial charge in [-0.1, -0.05) is 54.5 Å². The predicted molar refractivity (Wildman–Crippen MR) is 83.8 cm³/mol. The Labute approximate surface area is 127 Å². The summed E-state index contributed by atoms with van der Waals surface area (Å²) < 4.78 is 6.56. The summed E-state index contributed by atoms with van der Waals surface area (Å²) in [6, 6.07) is 0. The maximum atomic E-state index is 6.56. The molecule has 1 heterocycles. The second-order valence-electron chi connectivity index (χ2n) is 7.17. The van der Waals surface area contributed by atoms with Gasteiger partial charge < -0.3 is 4.74 Å². The average molecular weight is 329 g/mol. The monoisotopic (exact) mass is 328 g/mol. The van der Waals surface area contributed by atoms with Gasteiger partial charge in [0, 0.05) is 4.83 Å². The second-order valence-corrected chi connectivity index (χ2v) is 8.35. The molecule has 110 valence electrons. The highest BCUT2D eigenvalue weighted by Crippen LogP contribution is 2.44. The van der Waals surface area contributed by atoms with Crippen molar-refractivity contribution < 1.29 is 4.74 Å². The van der Waals surface area contributed by atoms with Crippen molar-refractivity contribution >= 4 is 15.9 Å². The van der Waals surface area contributed by atoms with Crippen LogP contribution in [0.25, 0.3) is 0 Å². The lowest BCUT2D eigenvalue weighted by atomic mass is 9.83. The van der Waals surface area contributed by atoms with Gasteiger partial charge in [0.05, 0.1) is 11.7 Å². The van der Waals surface area contributed by atoms with Gasteiger partial charge in [-0.25, -0.2) is 0 Å². The molecule has 3 aliphatic rings. The van der Waals surface area contributed by atoms with E-state index < -0.39 is 0 Å². The van der Waals surface area contributed by atoms with Crippen LogP contribution in [-0.4, -0.2) is 16.5 Å². The molecule has 3 unspecified atom stereocenters. The van der Waals surface area contributed by atoms with Gasteiger partial charge in [-0.2, -0.15) is 0 Å². The molecule has 3 atom stereocenters. The Morgan fingerprint density at radius 1 is 0.842 bits per heavy atom. The normalized spacial score (nSPS) is 39.3. The molecule has 2 saturated carbocycles. The number of alkyl halides is 1. The van der Waals surface area contributed by atoms with Crippen LogP contribution in [0.2, 0.25) is 0 Å². The van der Waals surface area contributed by atoms with Crippen LogP contribution in [0.15, 0.2) is 0 Å². The summed E-state index contributed by atoms with van der Waals surface area (Å²) in [5, 5.41) is 0. The van der Waals surface area contributed by atoms with E-state index in [0.717, 1.165) is 10.7 Å². The zero-order valence-corrected chi connectivity index (χ0v) is 13.8. The predicted octanol–water partition coefficient (Wildman–Crippen LogP) is 5.60. The first kappa shape index (κ1) is 14.4. The van der Waals surface area contributed by atoms with Crippen LogP contribution in [0.4, 0.5) is 0 Å². The van der Waals surface area contributed by atoms with Crippen molar-refractivity contribution in [1.82, 2.24) is 0 Å². The first-order chi connectivity index (χ1) is 9.27. The Morgan fingerprint density at radius 2 is 1.58 bits per heavy atom. The summed E-state index contributed by atoms with van der Waals surface area (Å²) in [7, 11) is 0. The molecule has 3 fully saturated rings. The van der Waals surface area contributed by atoms with E-state index in [4.69, 9.17) is 4.74 Å². The zero-order valence-electron chi connectivity index (χ0n) is 12.2. The third-order valence-corrected chi connectivity index (χ3v) is 6.94. The lowest BCUT2D eigenvalue weighted by Gasteiger charge is -2.34. The highest BCUT2D eigenvalue weighted by Gasteiger charge is 2.41. The molecule has 1 aliphatic heterocycles. The highest BCUT2D eigenvalue weighted by molar-refractivity contribution is 9.09. The molecule has 2 heteroatoms. The molecule has 2 aliphatic carbocycles. The second kappa shape index (κ2) is 6.47. The molecule has 1 spiro atoms. The number of rotatable bonds is 2. The Morgan fingerprint density at radius 3 is 2.42 bits per heavy atom. The van der Waals surface area contributed by atoms with Gasteiger partial charge in [0.1, 0.15) is 0 Å². The highest BCUT2D eigenvalue weighted by atomic mass is 79.9. The Kier molecular flexibility index (Phi) is 4.90. The standard InChI is InChI=1S/C17H29BrO/c18-16-8-4-1-3-7-14(16)13-15-9-12-17(19-15)10-5-2-6-11-17/h14-16H,1-13H2. The fourth-order valence-corrected chi connectivity index (χ4v) is 5.37. The number of ether oxygens (including phenoxy) is 1. The molecule has 0 aromatic heterocycles. The number of hydrogen-bond donors (Lipinski definition) is 0. The van der Waals surface area contributed by atoms with Crippen molar-refractivity contribution in [1.29, 1.82) is 0 Å². The molecule has 0 aromatic rings. The minimum absolute atomic E-state index is 0.315. The van der Waals surface area contributed by atoms with Gasteiger partial charge in [0.25, 0.3) is 0 Å². The van der Waals surface area contributed by atoms with E-state index in [1.54, 1.807) is 0 Å². The van der Waals surface area contributed by atoms with E-state index >= 15 is 0 Å². The van der Waals surface area contributed by atoms with Gasteiger partial charge in [0.2, 0.25) is 0 Å². The van der Waals surface area contributed by atoms with Gasteiger partial charge in [-0.15, -0.1) is 0 Å². The molecule has 19 heavy (non-hydrogen) atoms. The summed E-state index contributed by atoms with van der Waals surface area (Å²) in [6.07, 6.45) is 18.6. The molecule has 0 aromatic carbocycles. The molecule has 1 nitrogen and oxygen atoms in total. The molecule has 0 bridgehead atoms. The summed E-state index contributed by atoms with van der Waals surface area (Å²) in [4.78, 5) is 0.751. The first-order valence-electron chi connectivity index (χ1n) is 8.59. The van der Waals surface area contributed by atoms with E-state index in [1.807, 2.05) is 0 Å². The summed E-state index contributed by atoms with van der Waals surface area (Å²) in [6.45, 7) is 0. The topological polar surface area (TPSA) is 9.23 Å². The Bertz CT molecular complexity index is 285. The molecule has 1 saturated heterocycles. The maximum absolute atomic E-state index is 6.56. The Hall–Kier alpha value is 0.440. The lowest BCUT2D eigenvalue weighted by Crippen LogP contribution is -2.32. The zero-order chi connectivity index (χ0) is 13.1. The van der Waals surface area contributed by atoms with Crippen molar-refractivity contribution in [2.45, 2.75) is 100 Å². The number of halogens is 1. The van der Waals surface area contributed by atoms with Gasteiger partial charge in [-0.05, 0) is 50.9 Å². The van der Waals surface area contributed by atoms with E-state index in [1.165, 1.54) is 83.5 Å². The first-order valence-corrected chi connectivity index (χ1v) is 9.51. The van der Waals surface area contributed by atoms with Crippen LogP contribution >= 0.6 is 15.9 Å². The Balaban J connectivity index is 1.53. The quantitative estimate of drug-likeness (QED) is 0.473. The van der Waals surface area contributed by atoms with Crippen LogP contribution in [0.3, 0.4) is 0 Å². The SMILES string of the molecule is BrC1CCCCCC1CC1CCC2(CCCCC2)O1. The maximum Gasteiger partial charge on any atom is 0.0687 e. The van der Waals surface area contributed by atoms with E-state index in [2.05, 4.69) is 15.9 Å². The molecular weight excluding hydrogens is 300 g/mol. The molecule has 0 amide bonds. The summed E-state index contributed by atoms with van der Waals surface area (Å²) >= 11 is 3.94. The average Bonchev–Trinajstić information content (AvgIpc) is 2.68. The van der Waals surface area contributed by atoms with Crippen LogP contribution < -0.4 is 0 Å². The molecule has 3 rings (SSSR count). The third-order valence-electron chi connectivity index (χ3n) is 5.74. The molecule has 0 radical (unpaired) electrons. The van der Waals surface area contributed by atoms with E-state index in [9.17, 15) is 0 Å². The fourth-order valence-electron chi connectivity index (χ4n) is 4.57. The lowest BCUT2D eigenvalue weighted by molar-refractivity contribution is -0.0700. The van der Waals surface area contributed by atoms with Gasteiger partial charge in [-0.3, -0.25) is 0 Å². The van der Waals surface area contributed by atoms with Crippen LogP contribution in [-0.2, 0) is 4.74 Å². The summed E-state index contributed by atoms with van der Waals surface area (Å²) in [5.74, 6) is 0.867. The summed E-state index contributed by atoms with van der Waals surface area (Å²) in [5.41, 5.74) is 0.315. The molecular formula is C17H29BrO. The van der Waals surface area contributed by atoms with Crippen LogP contribution in [0, 0.1) is 5.92 Å². The van der Waals surface area contributed by atoms with Crippen molar-refractivity contribution in [2.24, 2.45) is 5.92 Å². The minimum Gasteiger partial charge on any atom is -0.372 e.